The van der Waals surface area contributed by atoms with Crippen LogP contribution in [0, 0.1) is 6.92 Å². The molecule has 0 saturated carbocycles. The predicted molar refractivity (Wildman–Crippen MR) is 50.6 cm³/mol. The molecule has 2 aromatic rings. The van der Waals surface area contributed by atoms with Crippen LogP contribution in [0.2, 0.25) is 0 Å². The number of hydrogen-bond donors (Lipinski definition) is 2. The molecule has 0 aromatic carbocycles. The normalized spacial score (nSPS) is 10.2. The zero-order valence-electron chi connectivity index (χ0n) is 7.11. The average molecular weight is 195 g/mol. The molecule has 0 atom stereocenters. The monoisotopic (exact) mass is 195 g/mol. The zero-order chi connectivity index (χ0) is 9.10. The van der Waals surface area contributed by atoms with Gasteiger partial charge in [-0.05, 0) is 6.92 Å². The number of H-pyrrole nitrogens is 1. The van der Waals surface area contributed by atoms with Crippen molar-refractivity contribution in [2.75, 3.05) is 5.32 Å². The Balaban J connectivity index is 1.97. The fraction of sp³-hybridized carbons (Fsp3) is 0.286. The molecule has 0 amide bonds. The van der Waals surface area contributed by atoms with Crippen molar-refractivity contribution in [1.29, 1.82) is 0 Å². The van der Waals surface area contributed by atoms with Crippen molar-refractivity contribution < 1.29 is 0 Å². The third-order valence-electron chi connectivity index (χ3n) is 1.72. The first-order valence-corrected chi connectivity index (χ1v) is 4.73. The van der Waals surface area contributed by atoms with E-state index in [1.807, 2.05) is 13.1 Å². The number of anilines is 1. The van der Waals surface area contributed by atoms with E-state index in [9.17, 15) is 0 Å². The average Bonchev–Trinajstić information content (AvgIpc) is 2.72. The van der Waals surface area contributed by atoms with E-state index in [-0.39, 0.29) is 0 Å². The Morgan fingerprint density at radius 3 is 3.15 bits per heavy atom. The van der Waals surface area contributed by atoms with Crippen LogP contribution in [-0.2, 0) is 6.54 Å². The van der Waals surface area contributed by atoms with Crippen LogP contribution in [0.1, 0.15) is 11.3 Å². The summed E-state index contributed by atoms with van der Waals surface area (Å²) in [5.74, 6) is 0. The smallest absolute Gasteiger partial charge is 0.205 e. The van der Waals surface area contributed by atoms with E-state index in [2.05, 4.69) is 25.7 Å². The Labute approximate surface area is 79.2 Å². The van der Waals surface area contributed by atoms with Crippen molar-refractivity contribution >= 4 is 16.5 Å². The SMILES string of the molecule is Cc1[nH]ncc1CNc1nncs1. The van der Waals surface area contributed by atoms with Crippen LogP contribution in [0.15, 0.2) is 11.7 Å². The summed E-state index contributed by atoms with van der Waals surface area (Å²) in [5, 5.41) is 18.4. The highest BCUT2D eigenvalue weighted by atomic mass is 32.1. The molecule has 0 aliphatic rings. The first kappa shape index (κ1) is 8.18. The van der Waals surface area contributed by atoms with Gasteiger partial charge in [0, 0.05) is 17.8 Å². The minimum absolute atomic E-state index is 0.734. The zero-order valence-corrected chi connectivity index (χ0v) is 7.93. The van der Waals surface area contributed by atoms with Crippen molar-refractivity contribution in [3.8, 4) is 0 Å². The van der Waals surface area contributed by atoms with Crippen molar-refractivity contribution in [2.24, 2.45) is 0 Å². The molecule has 0 unspecified atom stereocenters. The number of nitrogens with zero attached hydrogens (tertiary/aromatic N) is 3. The first-order valence-electron chi connectivity index (χ1n) is 3.85. The molecule has 6 heteroatoms. The fourth-order valence-corrected chi connectivity index (χ4v) is 1.42. The highest BCUT2D eigenvalue weighted by molar-refractivity contribution is 7.13. The van der Waals surface area contributed by atoms with Gasteiger partial charge in [0.1, 0.15) is 5.51 Å². The van der Waals surface area contributed by atoms with E-state index in [1.165, 1.54) is 11.3 Å². The van der Waals surface area contributed by atoms with Crippen molar-refractivity contribution in [3.63, 3.8) is 0 Å². The molecular weight excluding hydrogens is 186 g/mol. The molecule has 13 heavy (non-hydrogen) atoms. The summed E-state index contributed by atoms with van der Waals surface area (Å²) in [6.07, 6.45) is 1.81. The lowest BCUT2D eigenvalue weighted by Crippen LogP contribution is -1.99. The standard InChI is InChI=1S/C7H9N5S/c1-5-6(3-9-11-5)2-8-7-12-10-4-13-7/h3-4H,2H2,1H3,(H,8,12)(H,9,11). The maximum Gasteiger partial charge on any atom is 0.205 e. The molecule has 5 nitrogen and oxygen atoms in total. The largest absolute Gasteiger partial charge is 0.356 e. The first-order chi connectivity index (χ1) is 6.36. The molecule has 0 aliphatic carbocycles. The summed E-state index contributed by atoms with van der Waals surface area (Å²) in [6.45, 7) is 2.72. The van der Waals surface area contributed by atoms with Crippen LogP contribution < -0.4 is 5.32 Å². The molecule has 2 rings (SSSR count). The summed E-state index contributed by atoms with van der Waals surface area (Å²) in [6, 6.07) is 0. The molecule has 0 aliphatic heterocycles. The molecule has 0 bridgehead atoms. The Morgan fingerprint density at radius 2 is 2.54 bits per heavy atom. The third kappa shape index (κ3) is 1.83. The number of nitrogens with one attached hydrogen (secondary N) is 2. The highest BCUT2D eigenvalue weighted by Crippen LogP contribution is 2.10. The Morgan fingerprint density at radius 1 is 1.62 bits per heavy atom. The number of rotatable bonds is 3. The molecule has 68 valence electrons. The van der Waals surface area contributed by atoms with Gasteiger partial charge in [0.15, 0.2) is 0 Å². The summed E-state index contributed by atoms with van der Waals surface area (Å²) in [7, 11) is 0. The van der Waals surface area contributed by atoms with Gasteiger partial charge in [-0.15, -0.1) is 10.2 Å². The molecule has 0 saturated heterocycles. The topological polar surface area (TPSA) is 66.5 Å². The van der Waals surface area contributed by atoms with E-state index in [4.69, 9.17) is 0 Å². The van der Waals surface area contributed by atoms with Gasteiger partial charge in [-0.2, -0.15) is 5.10 Å². The molecule has 0 spiro atoms. The van der Waals surface area contributed by atoms with E-state index < -0.39 is 0 Å². The van der Waals surface area contributed by atoms with Crippen LogP contribution >= 0.6 is 11.3 Å². The van der Waals surface area contributed by atoms with Gasteiger partial charge < -0.3 is 5.32 Å². The van der Waals surface area contributed by atoms with Crippen molar-refractivity contribution in [3.05, 3.63) is 23.0 Å². The number of aromatic amines is 1. The van der Waals surface area contributed by atoms with Gasteiger partial charge in [-0.3, -0.25) is 5.10 Å². The van der Waals surface area contributed by atoms with E-state index in [0.717, 1.165) is 22.9 Å². The maximum atomic E-state index is 3.92. The van der Waals surface area contributed by atoms with Gasteiger partial charge in [-0.25, -0.2) is 0 Å². The summed E-state index contributed by atoms with van der Waals surface area (Å²) in [5.41, 5.74) is 3.93. The second kappa shape index (κ2) is 3.53. The van der Waals surface area contributed by atoms with Crippen molar-refractivity contribution in [1.82, 2.24) is 20.4 Å². The summed E-state index contributed by atoms with van der Waals surface area (Å²) >= 11 is 1.49. The molecule has 2 heterocycles. The van der Waals surface area contributed by atoms with Crippen LogP contribution in [0.25, 0.3) is 0 Å². The second-order valence-electron chi connectivity index (χ2n) is 2.62. The lowest BCUT2D eigenvalue weighted by atomic mass is 10.3. The number of hydrogen-bond acceptors (Lipinski definition) is 5. The molecule has 2 aromatic heterocycles. The van der Waals surface area contributed by atoms with Crippen LogP contribution in [-0.4, -0.2) is 20.4 Å². The maximum absolute atomic E-state index is 3.92. The van der Waals surface area contributed by atoms with E-state index >= 15 is 0 Å². The molecule has 0 radical (unpaired) electrons. The quantitative estimate of drug-likeness (QED) is 0.771. The molecular formula is C7H9N5S. The van der Waals surface area contributed by atoms with Gasteiger partial charge in [-0.1, -0.05) is 11.3 Å². The van der Waals surface area contributed by atoms with Crippen LogP contribution in [0.3, 0.4) is 0 Å². The van der Waals surface area contributed by atoms with Gasteiger partial charge in [0.25, 0.3) is 0 Å². The number of aromatic nitrogens is 4. The van der Waals surface area contributed by atoms with Gasteiger partial charge >= 0.3 is 0 Å². The Hall–Kier alpha value is -1.43. The fourth-order valence-electron chi connectivity index (χ4n) is 0.975. The highest BCUT2D eigenvalue weighted by Gasteiger charge is 2.00. The predicted octanol–water partition coefficient (Wildman–Crippen LogP) is 1.18. The molecule has 2 N–H and O–H groups in total. The number of aryl methyl sites for hydroxylation is 1. The van der Waals surface area contributed by atoms with Crippen molar-refractivity contribution in [2.45, 2.75) is 13.5 Å². The van der Waals surface area contributed by atoms with E-state index in [1.54, 1.807) is 5.51 Å². The lowest BCUT2D eigenvalue weighted by Gasteiger charge is -1.99. The summed E-state index contributed by atoms with van der Waals surface area (Å²) in [4.78, 5) is 0. The second-order valence-corrected chi connectivity index (χ2v) is 3.45. The minimum Gasteiger partial charge on any atom is -0.356 e. The lowest BCUT2D eigenvalue weighted by molar-refractivity contribution is 1.03. The Kier molecular flexibility index (Phi) is 2.22. The Bertz CT molecular complexity index is 366. The van der Waals surface area contributed by atoms with Crippen LogP contribution in [0.4, 0.5) is 5.13 Å². The summed E-state index contributed by atoms with van der Waals surface area (Å²) < 4.78 is 0. The van der Waals surface area contributed by atoms with Crippen LogP contribution in [0.5, 0.6) is 0 Å². The van der Waals surface area contributed by atoms with E-state index in [0.29, 0.717) is 0 Å². The third-order valence-corrected chi connectivity index (χ3v) is 2.37. The van der Waals surface area contributed by atoms with Gasteiger partial charge in [0.05, 0.1) is 6.20 Å². The van der Waals surface area contributed by atoms with Gasteiger partial charge in [0.2, 0.25) is 5.13 Å². The molecule has 0 fully saturated rings. The minimum atomic E-state index is 0.734.